The molecule has 6 nitrogen and oxygen atoms in total. The Balaban J connectivity index is 1.94. The summed E-state index contributed by atoms with van der Waals surface area (Å²) in [6.07, 6.45) is 2.83. The summed E-state index contributed by atoms with van der Waals surface area (Å²) in [5, 5.41) is 0. The highest BCUT2D eigenvalue weighted by molar-refractivity contribution is 8.45. The second-order valence-corrected chi connectivity index (χ2v) is 8.11. The van der Waals surface area contributed by atoms with Gasteiger partial charge in [-0.3, -0.25) is 0 Å². The Morgan fingerprint density at radius 1 is 0.964 bits per heavy atom. The Bertz CT molecular complexity index is 1030. The van der Waals surface area contributed by atoms with Crippen LogP contribution in [0.15, 0.2) is 59.8 Å². The highest BCUT2D eigenvalue weighted by atomic mass is 32.5. The van der Waals surface area contributed by atoms with Gasteiger partial charge in [0.05, 0.1) is 5.69 Å². The SMILES string of the molecule is NNc1ncc(-c2cccnc2Oc2ccc(S(F)(F)(F)(F)F)cc2)cc1N. The van der Waals surface area contributed by atoms with Gasteiger partial charge < -0.3 is 15.9 Å². The number of halogens is 5. The second kappa shape index (κ2) is 5.94. The zero-order chi connectivity index (χ0) is 20.6. The number of aromatic nitrogens is 2. The predicted molar refractivity (Wildman–Crippen MR) is 97.6 cm³/mol. The van der Waals surface area contributed by atoms with Crippen molar-refractivity contribution in [2.75, 3.05) is 11.2 Å². The van der Waals surface area contributed by atoms with Crippen molar-refractivity contribution in [2.24, 2.45) is 5.84 Å². The van der Waals surface area contributed by atoms with Gasteiger partial charge in [-0.25, -0.2) is 15.8 Å². The minimum atomic E-state index is -9.75. The fourth-order valence-electron chi connectivity index (χ4n) is 2.32. The van der Waals surface area contributed by atoms with Crippen LogP contribution in [0.3, 0.4) is 0 Å². The Labute approximate surface area is 156 Å². The van der Waals surface area contributed by atoms with Crippen molar-refractivity contribution in [2.45, 2.75) is 4.90 Å². The van der Waals surface area contributed by atoms with E-state index in [1.165, 1.54) is 12.4 Å². The average molecular weight is 419 g/mol. The van der Waals surface area contributed by atoms with Crippen LogP contribution in [0.25, 0.3) is 11.1 Å². The molecule has 0 spiro atoms. The van der Waals surface area contributed by atoms with Crippen molar-refractivity contribution in [1.82, 2.24) is 9.97 Å². The smallest absolute Gasteiger partial charge is 0.310 e. The highest BCUT2D eigenvalue weighted by Gasteiger charge is 2.65. The number of rotatable bonds is 5. The number of anilines is 2. The average Bonchev–Trinajstić information content (AvgIpc) is 2.60. The number of nitrogens with zero attached hydrogens (tertiary/aromatic N) is 2. The van der Waals surface area contributed by atoms with Crippen LogP contribution in [-0.2, 0) is 0 Å². The predicted octanol–water partition coefficient (Wildman–Crippen LogP) is 5.46. The molecule has 2 aromatic heterocycles. The molecule has 0 aliphatic heterocycles. The maximum Gasteiger partial charge on any atom is 0.310 e. The van der Waals surface area contributed by atoms with Gasteiger partial charge in [-0.1, -0.05) is 19.4 Å². The van der Waals surface area contributed by atoms with E-state index in [9.17, 15) is 19.4 Å². The molecule has 2 heterocycles. The Morgan fingerprint density at radius 2 is 1.64 bits per heavy atom. The Morgan fingerprint density at radius 3 is 2.21 bits per heavy atom. The molecule has 0 aliphatic rings. The maximum absolute atomic E-state index is 12.8. The van der Waals surface area contributed by atoms with Crippen molar-refractivity contribution in [3.05, 3.63) is 54.9 Å². The number of pyridine rings is 2. The van der Waals surface area contributed by atoms with Crippen molar-refractivity contribution in [3.63, 3.8) is 0 Å². The van der Waals surface area contributed by atoms with Gasteiger partial charge in [-0.05, 0) is 42.5 Å². The third-order valence-corrected chi connectivity index (χ3v) is 4.78. The van der Waals surface area contributed by atoms with Gasteiger partial charge >= 0.3 is 10.2 Å². The number of hydrogen-bond donors (Lipinski definition) is 3. The lowest BCUT2D eigenvalue weighted by molar-refractivity contribution is 0.363. The standard InChI is InChI=1S/C16H14F5N5OS/c17-28(18,19,20,21)12-5-3-11(4-6-12)27-16-13(2-1-7-24-16)10-8-14(22)15(26-23)25-9-10/h1-9H,22-23H2,(H,25,26). The maximum atomic E-state index is 12.8. The third-order valence-electron chi connectivity index (χ3n) is 3.62. The first kappa shape index (κ1) is 19.6. The summed E-state index contributed by atoms with van der Waals surface area (Å²) >= 11 is 0. The largest absolute Gasteiger partial charge is 0.438 e. The molecule has 0 aliphatic carbocycles. The monoisotopic (exact) mass is 419 g/mol. The fraction of sp³-hybridized carbons (Fsp3) is 0. The van der Waals surface area contributed by atoms with E-state index in [1.54, 1.807) is 18.2 Å². The molecule has 28 heavy (non-hydrogen) atoms. The molecular weight excluding hydrogens is 405 g/mol. The van der Waals surface area contributed by atoms with Crippen molar-refractivity contribution in [1.29, 1.82) is 0 Å². The van der Waals surface area contributed by atoms with Crippen LogP contribution in [0.4, 0.5) is 30.9 Å². The topological polar surface area (TPSA) is 99.1 Å². The van der Waals surface area contributed by atoms with E-state index in [2.05, 4.69) is 15.4 Å². The van der Waals surface area contributed by atoms with E-state index in [0.717, 1.165) is 12.1 Å². The number of ether oxygens (including phenoxy) is 1. The van der Waals surface area contributed by atoms with E-state index >= 15 is 0 Å². The van der Waals surface area contributed by atoms with Gasteiger partial charge in [0.2, 0.25) is 5.88 Å². The molecular formula is C16H14F5N5OS. The molecule has 1 aromatic carbocycles. The summed E-state index contributed by atoms with van der Waals surface area (Å²) in [7, 11) is -9.75. The van der Waals surface area contributed by atoms with Gasteiger partial charge in [0.25, 0.3) is 0 Å². The molecule has 0 atom stereocenters. The molecule has 0 radical (unpaired) electrons. The quantitative estimate of drug-likeness (QED) is 0.289. The summed E-state index contributed by atoms with van der Waals surface area (Å²) in [4.78, 5) is 6.05. The van der Waals surface area contributed by atoms with Gasteiger partial charge in [0.15, 0.2) is 5.82 Å². The summed E-state index contributed by atoms with van der Waals surface area (Å²) < 4.78 is 69.5. The normalized spacial score (nSPS) is 14.1. The molecule has 3 aromatic rings. The van der Waals surface area contributed by atoms with E-state index in [0.29, 0.717) is 11.1 Å². The van der Waals surface area contributed by atoms with E-state index in [4.69, 9.17) is 16.3 Å². The first-order valence-electron chi connectivity index (χ1n) is 7.57. The lowest BCUT2D eigenvalue weighted by Crippen LogP contribution is -2.10. The molecule has 0 amide bonds. The van der Waals surface area contributed by atoms with E-state index < -0.39 is 15.1 Å². The minimum Gasteiger partial charge on any atom is -0.438 e. The number of hydrogen-bond acceptors (Lipinski definition) is 6. The minimum absolute atomic E-state index is 0.0252. The van der Waals surface area contributed by atoms with E-state index in [1.807, 2.05) is 0 Å². The molecule has 150 valence electrons. The zero-order valence-electron chi connectivity index (χ0n) is 14.0. The van der Waals surface area contributed by atoms with Crippen LogP contribution in [0.1, 0.15) is 0 Å². The van der Waals surface area contributed by atoms with Crippen molar-refractivity contribution >= 4 is 21.7 Å². The Kier molecular flexibility index (Phi) is 4.16. The van der Waals surface area contributed by atoms with Crippen LogP contribution in [-0.4, -0.2) is 9.97 Å². The highest BCUT2D eigenvalue weighted by Crippen LogP contribution is 3.02. The van der Waals surface area contributed by atoms with Crippen LogP contribution in [0.2, 0.25) is 0 Å². The van der Waals surface area contributed by atoms with Crippen LogP contribution < -0.4 is 21.7 Å². The summed E-state index contributed by atoms with van der Waals surface area (Å²) in [5.74, 6) is 5.44. The number of hydrazine groups is 1. The Hall–Kier alpha value is -3.12. The summed E-state index contributed by atoms with van der Waals surface area (Å²) in [5.41, 5.74) is 9.31. The molecule has 3 rings (SSSR count). The van der Waals surface area contributed by atoms with Crippen LogP contribution in [0, 0.1) is 0 Å². The molecule has 5 N–H and O–H groups in total. The second-order valence-electron chi connectivity index (χ2n) is 5.70. The lowest BCUT2D eigenvalue weighted by atomic mass is 10.1. The van der Waals surface area contributed by atoms with Gasteiger partial charge in [-0.2, -0.15) is 0 Å². The first-order chi connectivity index (χ1) is 12.9. The molecule has 0 saturated carbocycles. The molecule has 0 fully saturated rings. The van der Waals surface area contributed by atoms with Gasteiger partial charge in [0, 0.05) is 23.5 Å². The van der Waals surface area contributed by atoms with E-state index in [-0.39, 0.29) is 35.3 Å². The molecule has 12 heteroatoms. The molecule has 0 bridgehead atoms. The number of nitrogens with one attached hydrogen (secondary N) is 1. The lowest BCUT2D eigenvalue weighted by Gasteiger charge is -2.40. The molecule has 0 saturated heterocycles. The number of benzene rings is 1. The number of nitrogens with two attached hydrogens (primary N) is 2. The zero-order valence-corrected chi connectivity index (χ0v) is 14.8. The van der Waals surface area contributed by atoms with Gasteiger partial charge in [0.1, 0.15) is 10.6 Å². The fourth-order valence-corrected chi connectivity index (χ4v) is 2.97. The third kappa shape index (κ3) is 4.23. The van der Waals surface area contributed by atoms with Crippen molar-refractivity contribution < 1.29 is 24.2 Å². The van der Waals surface area contributed by atoms with Crippen LogP contribution in [0.5, 0.6) is 11.6 Å². The summed E-state index contributed by atoms with van der Waals surface area (Å²) in [6, 6.07) is 6.88. The van der Waals surface area contributed by atoms with Gasteiger partial charge in [-0.15, -0.1) is 0 Å². The molecule has 0 unspecified atom stereocenters. The van der Waals surface area contributed by atoms with Crippen molar-refractivity contribution in [3.8, 4) is 22.8 Å². The number of nitrogen functional groups attached to an aromatic ring is 2. The summed E-state index contributed by atoms with van der Waals surface area (Å²) in [6.45, 7) is 0. The van der Waals surface area contributed by atoms with Crippen LogP contribution >= 0.6 is 10.2 Å². The first-order valence-corrected chi connectivity index (χ1v) is 9.52.